The molecular formula is C12H22N2O. The van der Waals surface area contributed by atoms with E-state index in [1.165, 1.54) is 0 Å². The lowest BCUT2D eigenvalue weighted by molar-refractivity contribution is 0.198. The fourth-order valence-corrected chi connectivity index (χ4v) is 1.29. The molecule has 0 aromatic rings. The summed E-state index contributed by atoms with van der Waals surface area (Å²) in [5, 5.41) is 12.3. The highest BCUT2D eigenvalue weighted by atomic mass is 16.5. The largest absolute Gasteiger partial charge is 0.498 e. The van der Waals surface area contributed by atoms with Crippen molar-refractivity contribution in [2.45, 2.75) is 47.1 Å². The van der Waals surface area contributed by atoms with Crippen LogP contribution in [0.4, 0.5) is 0 Å². The molecule has 0 spiro atoms. The van der Waals surface area contributed by atoms with Crippen LogP contribution in [-0.2, 0) is 4.74 Å². The number of hydrogen-bond donors (Lipinski definition) is 1. The Bertz CT molecular complexity index is 284. The van der Waals surface area contributed by atoms with Gasteiger partial charge in [0.05, 0.1) is 7.11 Å². The van der Waals surface area contributed by atoms with Crippen LogP contribution in [0.15, 0.2) is 11.5 Å². The van der Waals surface area contributed by atoms with Crippen LogP contribution < -0.4 is 5.32 Å². The molecule has 0 aliphatic carbocycles. The number of ether oxygens (including phenoxy) is 1. The Morgan fingerprint density at radius 2 is 1.60 bits per heavy atom. The van der Waals surface area contributed by atoms with E-state index >= 15 is 0 Å². The van der Waals surface area contributed by atoms with Gasteiger partial charge in [-0.1, -0.05) is 20.8 Å². The third-order valence-electron chi connectivity index (χ3n) is 1.72. The summed E-state index contributed by atoms with van der Waals surface area (Å²) in [7, 11) is 1.60. The van der Waals surface area contributed by atoms with Gasteiger partial charge in [-0.3, -0.25) is 0 Å². The molecule has 3 heteroatoms. The minimum atomic E-state index is -0.169. The highest BCUT2D eigenvalue weighted by Crippen LogP contribution is 2.28. The van der Waals surface area contributed by atoms with Crippen LogP contribution in [0.2, 0.25) is 0 Å². The highest BCUT2D eigenvalue weighted by Gasteiger charge is 2.24. The quantitative estimate of drug-likeness (QED) is 0.563. The Kier molecular flexibility index (Phi) is 4.21. The predicted molar refractivity (Wildman–Crippen MR) is 62.0 cm³/mol. The molecule has 15 heavy (non-hydrogen) atoms. The summed E-state index contributed by atoms with van der Waals surface area (Å²) >= 11 is 0. The molecule has 0 aromatic heterocycles. The van der Waals surface area contributed by atoms with E-state index in [-0.39, 0.29) is 11.0 Å². The maximum atomic E-state index is 9.10. The van der Waals surface area contributed by atoms with Gasteiger partial charge in [0.25, 0.3) is 0 Å². The SMILES string of the molecule is CO/C(=C(\C#N)NC(C)(C)C)C(C)(C)C. The van der Waals surface area contributed by atoms with E-state index < -0.39 is 0 Å². The Morgan fingerprint density at radius 3 is 1.80 bits per heavy atom. The first-order chi connectivity index (χ1) is 6.61. The van der Waals surface area contributed by atoms with Gasteiger partial charge in [0.2, 0.25) is 0 Å². The topological polar surface area (TPSA) is 45.0 Å². The number of allylic oxidation sites excluding steroid dienone is 2. The Hall–Kier alpha value is -1.17. The zero-order chi connectivity index (χ0) is 12.3. The molecule has 0 bridgehead atoms. The maximum Gasteiger partial charge on any atom is 0.152 e. The Labute approximate surface area is 93.1 Å². The molecule has 1 N–H and O–H groups in total. The molecule has 0 aliphatic rings. The van der Waals surface area contributed by atoms with Crippen LogP contribution in [0, 0.1) is 16.7 Å². The van der Waals surface area contributed by atoms with Gasteiger partial charge in [0, 0.05) is 11.0 Å². The van der Waals surface area contributed by atoms with Gasteiger partial charge in [-0.15, -0.1) is 0 Å². The molecule has 0 heterocycles. The number of nitrogens with zero attached hydrogens (tertiary/aromatic N) is 1. The van der Waals surface area contributed by atoms with Crippen molar-refractivity contribution in [2.24, 2.45) is 5.41 Å². The summed E-state index contributed by atoms with van der Waals surface area (Å²) in [6, 6.07) is 2.16. The number of nitrogens with one attached hydrogen (secondary N) is 1. The van der Waals surface area contributed by atoms with Crippen molar-refractivity contribution in [1.29, 1.82) is 5.26 Å². The average Bonchev–Trinajstić information content (AvgIpc) is 1.98. The van der Waals surface area contributed by atoms with Gasteiger partial charge in [0.1, 0.15) is 11.8 Å². The van der Waals surface area contributed by atoms with E-state index in [9.17, 15) is 0 Å². The fourth-order valence-electron chi connectivity index (χ4n) is 1.29. The summed E-state index contributed by atoms with van der Waals surface area (Å²) in [5.74, 6) is 0.694. The first kappa shape index (κ1) is 13.8. The summed E-state index contributed by atoms with van der Waals surface area (Å²) in [6.45, 7) is 12.1. The molecule has 0 atom stereocenters. The van der Waals surface area contributed by atoms with E-state index in [4.69, 9.17) is 10.00 Å². The minimum absolute atomic E-state index is 0.139. The van der Waals surface area contributed by atoms with E-state index in [0.717, 1.165) is 0 Å². The van der Waals surface area contributed by atoms with Crippen molar-refractivity contribution in [3.05, 3.63) is 11.5 Å². The van der Waals surface area contributed by atoms with E-state index in [1.807, 2.05) is 41.5 Å². The molecule has 0 amide bonds. The van der Waals surface area contributed by atoms with Gasteiger partial charge in [0.15, 0.2) is 5.70 Å². The summed E-state index contributed by atoms with van der Waals surface area (Å²) in [4.78, 5) is 0. The standard InChI is InChI=1S/C12H22N2O/c1-11(2,3)10(15-7)9(8-13)14-12(4,5)6/h14H,1-7H3/b10-9+. The molecule has 0 aromatic carbocycles. The first-order valence-electron chi connectivity index (χ1n) is 5.09. The van der Waals surface area contributed by atoms with Crippen LogP contribution in [0.1, 0.15) is 41.5 Å². The zero-order valence-electron chi connectivity index (χ0n) is 10.9. The molecule has 0 saturated carbocycles. The van der Waals surface area contributed by atoms with Crippen molar-refractivity contribution in [3.8, 4) is 6.07 Å². The van der Waals surface area contributed by atoms with Crippen LogP contribution in [0.25, 0.3) is 0 Å². The number of hydrogen-bond acceptors (Lipinski definition) is 3. The van der Waals surface area contributed by atoms with E-state index in [0.29, 0.717) is 11.5 Å². The van der Waals surface area contributed by atoms with Gasteiger partial charge in [-0.2, -0.15) is 5.26 Å². The Morgan fingerprint density at radius 1 is 1.13 bits per heavy atom. The second kappa shape index (κ2) is 4.57. The number of rotatable bonds is 2. The number of methoxy groups -OCH3 is 1. The van der Waals surface area contributed by atoms with Gasteiger partial charge in [-0.05, 0) is 20.8 Å². The van der Waals surface area contributed by atoms with E-state index in [1.54, 1.807) is 7.11 Å². The highest BCUT2D eigenvalue weighted by molar-refractivity contribution is 5.27. The lowest BCUT2D eigenvalue weighted by atomic mass is 9.92. The van der Waals surface area contributed by atoms with Gasteiger partial charge < -0.3 is 10.1 Å². The fraction of sp³-hybridized carbons (Fsp3) is 0.750. The Balaban J connectivity index is 5.22. The lowest BCUT2D eigenvalue weighted by Gasteiger charge is -2.27. The lowest BCUT2D eigenvalue weighted by Crippen LogP contribution is -2.36. The van der Waals surface area contributed by atoms with Gasteiger partial charge in [-0.25, -0.2) is 0 Å². The average molecular weight is 210 g/mol. The predicted octanol–water partition coefficient (Wildman–Crippen LogP) is 2.80. The molecule has 0 fully saturated rings. The molecule has 3 nitrogen and oxygen atoms in total. The molecular weight excluding hydrogens is 188 g/mol. The third-order valence-corrected chi connectivity index (χ3v) is 1.72. The molecule has 0 rings (SSSR count). The molecule has 0 radical (unpaired) electrons. The monoisotopic (exact) mass is 210 g/mol. The summed E-state index contributed by atoms with van der Waals surface area (Å²) < 4.78 is 5.31. The third kappa shape index (κ3) is 4.73. The summed E-state index contributed by atoms with van der Waals surface area (Å²) in [6.07, 6.45) is 0. The van der Waals surface area contributed by atoms with Gasteiger partial charge >= 0.3 is 0 Å². The van der Waals surface area contributed by atoms with Crippen LogP contribution in [0.3, 0.4) is 0 Å². The number of nitriles is 1. The zero-order valence-corrected chi connectivity index (χ0v) is 10.9. The molecule has 0 unspecified atom stereocenters. The van der Waals surface area contributed by atoms with Crippen molar-refractivity contribution >= 4 is 0 Å². The van der Waals surface area contributed by atoms with Crippen molar-refractivity contribution < 1.29 is 4.74 Å². The smallest absolute Gasteiger partial charge is 0.152 e. The van der Waals surface area contributed by atoms with Crippen molar-refractivity contribution in [3.63, 3.8) is 0 Å². The molecule has 0 saturated heterocycles. The van der Waals surface area contributed by atoms with Crippen LogP contribution >= 0.6 is 0 Å². The van der Waals surface area contributed by atoms with Crippen LogP contribution in [-0.4, -0.2) is 12.6 Å². The molecule has 0 aliphatic heterocycles. The maximum absolute atomic E-state index is 9.10. The normalized spacial score (nSPS) is 14.0. The second-order valence-electron chi connectivity index (χ2n) is 5.65. The van der Waals surface area contributed by atoms with Crippen LogP contribution in [0.5, 0.6) is 0 Å². The minimum Gasteiger partial charge on any atom is -0.498 e. The van der Waals surface area contributed by atoms with Crippen molar-refractivity contribution in [1.82, 2.24) is 5.32 Å². The second-order valence-corrected chi connectivity index (χ2v) is 5.65. The summed E-state index contributed by atoms with van der Waals surface area (Å²) in [5.41, 5.74) is 0.204. The molecule has 86 valence electrons. The van der Waals surface area contributed by atoms with Crippen molar-refractivity contribution in [2.75, 3.05) is 7.11 Å². The first-order valence-corrected chi connectivity index (χ1v) is 5.09. The van der Waals surface area contributed by atoms with E-state index in [2.05, 4.69) is 11.4 Å².